The van der Waals surface area contributed by atoms with E-state index >= 15 is 0 Å². The molecule has 2 nitrogen and oxygen atoms in total. The van der Waals surface area contributed by atoms with Crippen molar-refractivity contribution in [1.29, 1.82) is 0 Å². The second kappa shape index (κ2) is 3.61. The summed E-state index contributed by atoms with van der Waals surface area (Å²) in [4.78, 5) is 4.20. The van der Waals surface area contributed by atoms with Gasteiger partial charge in [0, 0.05) is 10.8 Å². The van der Waals surface area contributed by atoms with E-state index in [2.05, 4.69) is 4.98 Å². The molecule has 3 aromatic rings. The van der Waals surface area contributed by atoms with Crippen LogP contribution in [-0.2, 0) is 0 Å². The molecule has 0 atom stereocenters. The first-order chi connectivity index (χ1) is 7.74. The Hall–Kier alpha value is -1.32. The van der Waals surface area contributed by atoms with Crippen molar-refractivity contribution in [2.75, 3.05) is 0 Å². The van der Waals surface area contributed by atoms with Crippen LogP contribution in [0.25, 0.3) is 21.7 Å². The Bertz CT molecular complexity index is 656. The molecular formula is C12H8ClNOS. The maximum absolute atomic E-state index is 5.80. The van der Waals surface area contributed by atoms with Gasteiger partial charge in [0.15, 0.2) is 10.8 Å². The maximum Gasteiger partial charge on any atom is 0.164 e. The molecule has 0 radical (unpaired) electrons. The molecule has 0 N–H and O–H groups in total. The lowest BCUT2D eigenvalue weighted by molar-refractivity contribution is 0.628. The molecule has 16 heavy (non-hydrogen) atoms. The molecule has 2 heterocycles. The van der Waals surface area contributed by atoms with E-state index in [1.807, 2.05) is 31.2 Å². The maximum atomic E-state index is 5.80. The molecule has 0 unspecified atom stereocenters. The minimum absolute atomic E-state index is 0.511. The summed E-state index contributed by atoms with van der Waals surface area (Å²) in [5, 5.41) is 4.23. The zero-order valence-electron chi connectivity index (χ0n) is 8.53. The summed E-state index contributed by atoms with van der Waals surface area (Å²) in [6.45, 7) is 2.03. The number of para-hydroxylation sites is 1. The second-order valence-corrected chi connectivity index (χ2v) is 4.82. The Morgan fingerprint density at radius 1 is 1.38 bits per heavy atom. The van der Waals surface area contributed by atoms with Crippen LogP contribution in [0.4, 0.5) is 0 Å². The number of hydrogen-bond acceptors (Lipinski definition) is 3. The third-order valence-corrected chi connectivity index (χ3v) is 3.61. The fraction of sp³-hybridized carbons (Fsp3) is 0.0833. The van der Waals surface area contributed by atoms with E-state index in [0.717, 1.165) is 27.3 Å². The van der Waals surface area contributed by atoms with E-state index in [4.69, 9.17) is 16.0 Å². The standard InChI is InChI=1S/C12H8ClNOS/c1-7-3-2-4-8-5-9(15-11(7)8)12-14-10(13)6-16-12/h2-6H,1H3. The minimum atomic E-state index is 0.511. The van der Waals surface area contributed by atoms with Gasteiger partial charge in [0.25, 0.3) is 0 Å². The van der Waals surface area contributed by atoms with Crippen LogP contribution >= 0.6 is 22.9 Å². The lowest BCUT2D eigenvalue weighted by Crippen LogP contribution is -1.70. The molecule has 0 saturated heterocycles. The second-order valence-electron chi connectivity index (χ2n) is 3.58. The largest absolute Gasteiger partial charge is 0.453 e. The van der Waals surface area contributed by atoms with Gasteiger partial charge in [-0.15, -0.1) is 11.3 Å². The molecule has 0 fully saturated rings. The Morgan fingerprint density at radius 2 is 2.25 bits per heavy atom. The third kappa shape index (κ3) is 1.52. The first kappa shape index (κ1) is 9.87. The molecule has 1 aromatic carbocycles. The van der Waals surface area contributed by atoms with Gasteiger partial charge in [-0.25, -0.2) is 4.98 Å². The summed E-state index contributed by atoms with van der Waals surface area (Å²) < 4.78 is 5.79. The fourth-order valence-corrected chi connectivity index (χ4v) is 2.58. The summed E-state index contributed by atoms with van der Waals surface area (Å²) in [6.07, 6.45) is 0. The zero-order valence-corrected chi connectivity index (χ0v) is 10.1. The highest BCUT2D eigenvalue weighted by Gasteiger charge is 2.10. The van der Waals surface area contributed by atoms with Gasteiger partial charge in [0.1, 0.15) is 10.7 Å². The number of thiazole rings is 1. The highest BCUT2D eigenvalue weighted by Crippen LogP contribution is 2.32. The van der Waals surface area contributed by atoms with Crippen molar-refractivity contribution in [2.45, 2.75) is 6.92 Å². The SMILES string of the molecule is Cc1cccc2cc(-c3nc(Cl)cs3)oc12. The molecule has 0 amide bonds. The van der Waals surface area contributed by atoms with E-state index in [1.54, 1.807) is 5.38 Å². The van der Waals surface area contributed by atoms with Crippen LogP contribution in [-0.4, -0.2) is 4.98 Å². The highest BCUT2D eigenvalue weighted by atomic mass is 35.5. The first-order valence-electron chi connectivity index (χ1n) is 4.84. The van der Waals surface area contributed by atoms with Crippen molar-refractivity contribution in [3.63, 3.8) is 0 Å². The monoisotopic (exact) mass is 249 g/mol. The quantitative estimate of drug-likeness (QED) is 0.634. The molecule has 2 aromatic heterocycles. The van der Waals surface area contributed by atoms with Crippen molar-refractivity contribution in [3.05, 3.63) is 40.4 Å². The number of benzene rings is 1. The minimum Gasteiger partial charge on any atom is -0.453 e. The van der Waals surface area contributed by atoms with Gasteiger partial charge in [0.05, 0.1) is 0 Å². The number of nitrogens with zero attached hydrogens (tertiary/aromatic N) is 1. The van der Waals surface area contributed by atoms with Crippen molar-refractivity contribution < 1.29 is 4.42 Å². The van der Waals surface area contributed by atoms with Crippen molar-refractivity contribution in [3.8, 4) is 10.8 Å². The average Bonchev–Trinajstić information content (AvgIpc) is 2.84. The van der Waals surface area contributed by atoms with E-state index in [0.29, 0.717) is 5.15 Å². The van der Waals surface area contributed by atoms with Crippen LogP contribution in [0, 0.1) is 6.92 Å². The molecule has 0 aliphatic carbocycles. The summed E-state index contributed by atoms with van der Waals surface area (Å²) in [7, 11) is 0. The Morgan fingerprint density at radius 3 is 2.94 bits per heavy atom. The summed E-state index contributed by atoms with van der Waals surface area (Å²) in [6, 6.07) is 8.08. The van der Waals surface area contributed by atoms with Crippen LogP contribution in [0.5, 0.6) is 0 Å². The molecule has 0 aliphatic heterocycles. The van der Waals surface area contributed by atoms with Crippen molar-refractivity contribution in [1.82, 2.24) is 4.98 Å². The van der Waals surface area contributed by atoms with Crippen LogP contribution in [0.3, 0.4) is 0 Å². The number of furan rings is 1. The number of aryl methyl sites for hydroxylation is 1. The molecule has 80 valence electrons. The van der Waals surface area contributed by atoms with E-state index in [9.17, 15) is 0 Å². The molecule has 0 saturated carbocycles. The molecule has 4 heteroatoms. The smallest absolute Gasteiger partial charge is 0.164 e. The van der Waals surface area contributed by atoms with Gasteiger partial charge in [0.2, 0.25) is 0 Å². The van der Waals surface area contributed by atoms with Gasteiger partial charge >= 0.3 is 0 Å². The number of rotatable bonds is 1. The summed E-state index contributed by atoms with van der Waals surface area (Å²) >= 11 is 7.28. The Labute approximate surface area is 101 Å². The van der Waals surface area contributed by atoms with Crippen molar-refractivity contribution in [2.24, 2.45) is 0 Å². The number of aromatic nitrogens is 1. The first-order valence-corrected chi connectivity index (χ1v) is 6.10. The van der Waals surface area contributed by atoms with E-state index < -0.39 is 0 Å². The normalized spacial score (nSPS) is 11.1. The molecule has 0 bridgehead atoms. The van der Waals surface area contributed by atoms with Gasteiger partial charge in [-0.1, -0.05) is 29.8 Å². The average molecular weight is 250 g/mol. The zero-order chi connectivity index (χ0) is 11.1. The lowest BCUT2D eigenvalue weighted by Gasteiger charge is -1.91. The predicted octanol–water partition coefficient (Wildman–Crippen LogP) is 4.52. The number of hydrogen-bond donors (Lipinski definition) is 0. The van der Waals surface area contributed by atoms with Gasteiger partial charge in [-0.3, -0.25) is 0 Å². The highest BCUT2D eigenvalue weighted by molar-refractivity contribution is 7.13. The lowest BCUT2D eigenvalue weighted by atomic mass is 10.2. The van der Waals surface area contributed by atoms with Crippen molar-refractivity contribution >= 4 is 33.9 Å². The molecular weight excluding hydrogens is 242 g/mol. The fourth-order valence-electron chi connectivity index (χ4n) is 1.68. The molecule has 0 aliphatic rings. The van der Waals surface area contributed by atoms with Gasteiger partial charge in [-0.2, -0.15) is 0 Å². The van der Waals surface area contributed by atoms with E-state index in [1.165, 1.54) is 11.3 Å². The topological polar surface area (TPSA) is 26.0 Å². The van der Waals surface area contributed by atoms with Crippen LogP contribution in [0.15, 0.2) is 34.1 Å². The molecule has 0 spiro atoms. The summed E-state index contributed by atoms with van der Waals surface area (Å²) in [5.74, 6) is 0.779. The Kier molecular flexibility index (Phi) is 2.23. The van der Waals surface area contributed by atoms with E-state index in [-0.39, 0.29) is 0 Å². The van der Waals surface area contributed by atoms with Crippen LogP contribution in [0.1, 0.15) is 5.56 Å². The predicted molar refractivity (Wildman–Crippen MR) is 67.1 cm³/mol. The van der Waals surface area contributed by atoms with Gasteiger partial charge < -0.3 is 4.42 Å². The third-order valence-electron chi connectivity index (χ3n) is 2.43. The molecule has 3 rings (SSSR count). The number of fused-ring (bicyclic) bond motifs is 1. The summed E-state index contributed by atoms with van der Waals surface area (Å²) in [5.41, 5.74) is 2.05. The Balaban J connectivity index is 2.22. The van der Waals surface area contributed by atoms with Gasteiger partial charge in [-0.05, 0) is 18.6 Å². The van der Waals surface area contributed by atoms with Crippen LogP contribution < -0.4 is 0 Å². The van der Waals surface area contributed by atoms with Crippen LogP contribution in [0.2, 0.25) is 5.15 Å². The number of halogens is 1.